The number of nitrogens with zero attached hydrogens (tertiary/aromatic N) is 4. The fourth-order valence-corrected chi connectivity index (χ4v) is 3.20. The number of nitrogens with two attached hydrogens (primary N) is 1. The largest absolute Gasteiger partial charge is 0.368 e. The molecular formula is C20H20N6O2. The maximum Gasteiger partial charge on any atom is 0.267 e. The topological polar surface area (TPSA) is 105 Å². The Balaban J connectivity index is 1.40. The van der Waals surface area contributed by atoms with Crippen molar-refractivity contribution >= 4 is 28.9 Å². The number of fused-ring (bicyclic) bond motifs is 1. The molecule has 3 heterocycles. The van der Waals surface area contributed by atoms with Crippen LogP contribution in [-0.2, 0) is 16.0 Å². The number of rotatable bonds is 6. The van der Waals surface area contributed by atoms with Gasteiger partial charge in [0.25, 0.3) is 5.91 Å². The lowest BCUT2D eigenvalue weighted by Crippen LogP contribution is -2.40. The predicted molar refractivity (Wildman–Crippen MR) is 106 cm³/mol. The maximum atomic E-state index is 12.5. The van der Waals surface area contributed by atoms with Crippen molar-refractivity contribution in [3.05, 3.63) is 66.6 Å². The molecule has 0 spiro atoms. The van der Waals surface area contributed by atoms with E-state index in [9.17, 15) is 9.59 Å². The van der Waals surface area contributed by atoms with Gasteiger partial charge in [0.2, 0.25) is 5.91 Å². The van der Waals surface area contributed by atoms with Crippen molar-refractivity contribution in [2.75, 3.05) is 11.6 Å². The Kier molecular flexibility index (Phi) is 4.76. The molecule has 4 rings (SSSR count). The van der Waals surface area contributed by atoms with Gasteiger partial charge in [0.15, 0.2) is 0 Å². The number of nitrogens with one attached hydrogen (secondary N) is 1. The zero-order valence-electron chi connectivity index (χ0n) is 15.2. The molecule has 0 saturated heterocycles. The van der Waals surface area contributed by atoms with Crippen LogP contribution in [0.2, 0.25) is 0 Å². The molecule has 3 aromatic rings. The van der Waals surface area contributed by atoms with Gasteiger partial charge < -0.3 is 15.5 Å². The van der Waals surface area contributed by atoms with E-state index in [0.29, 0.717) is 18.7 Å². The number of anilines is 1. The highest BCUT2D eigenvalue weighted by Crippen LogP contribution is 2.24. The second-order valence-electron chi connectivity index (χ2n) is 6.55. The fourth-order valence-electron chi connectivity index (χ4n) is 3.20. The predicted octanol–water partition coefficient (Wildman–Crippen LogP) is 1.11. The summed E-state index contributed by atoms with van der Waals surface area (Å²) in [5, 5.41) is 8.70. The lowest BCUT2D eigenvalue weighted by atomic mass is 10.1. The molecule has 3 N–H and O–H groups in total. The molecule has 1 aliphatic rings. The van der Waals surface area contributed by atoms with Gasteiger partial charge in [0.1, 0.15) is 17.4 Å². The summed E-state index contributed by atoms with van der Waals surface area (Å²) < 4.78 is 1.94. The second kappa shape index (κ2) is 7.51. The van der Waals surface area contributed by atoms with Crippen molar-refractivity contribution in [2.45, 2.75) is 18.9 Å². The van der Waals surface area contributed by atoms with Crippen LogP contribution in [0.1, 0.15) is 12.1 Å². The number of carbonyl (C=O) groups excluding carboxylic acids is 2. The van der Waals surface area contributed by atoms with Crippen molar-refractivity contribution in [1.29, 1.82) is 0 Å². The first kappa shape index (κ1) is 17.7. The molecule has 1 aromatic carbocycles. The second-order valence-corrected chi connectivity index (χ2v) is 6.55. The molecule has 0 fully saturated rings. The Morgan fingerprint density at radius 3 is 2.68 bits per heavy atom. The highest BCUT2D eigenvalue weighted by atomic mass is 16.2. The summed E-state index contributed by atoms with van der Waals surface area (Å²) in [6.07, 6.45) is 4.65. The number of amides is 2. The van der Waals surface area contributed by atoms with Crippen LogP contribution in [0.15, 0.2) is 66.0 Å². The van der Waals surface area contributed by atoms with E-state index in [1.807, 2.05) is 65.3 Å². The van der Waals surface area contributed by atoms with Gasteiger partial charge in [0, 0.05) is 31.8 Å². The lowest BCUT2D eigenvalue weighted by Gasteiger charge is -2.20. The molecule has 8 heteroatoms. The molecule has 142 valence electrons. The highest BCUT2D eigenvalue weighted by Gasteiger charge is 2.34. The summed E-state index contributed by atoms with van der Waals surface area (Å²) in [4.78, 5) is 28.8. The van der Waals surface area contributed by atoms with E-state index in [1.54, 1.807) is 0 Å². The van der Waals surface area contributed by atoms with Crippen LogP contribution in [0.5, 0.6) is 0 Å². The average Bonchev–Trinajstić information content (AvgIpc) is 3.33. The molecule has 1 unspecified atom stereocenters. The molecular weight excluding hydrogens is 356 g/mol. The van der Waals surface area contributed by atoms with Crippen molar-refractivity contribution in [3.63, 3.8) is 0 Å². The zero-order valence-corrected chi connectivity index (χ0v) is 15.2. The number of para-hydroxylation sites is 1. The normalized spacial score (nSPS) is 16.2. The van der Waals surface area contributed by atoms with Gasteiger partial charge in [-0.05, 0) is 24.3 Å². The number of hydrazone groups is 1. The molecule has 0 aliphatic carbocycles. The first-order chi connectivity index (χ1) is 13.6. The van der Waals surface area contributed by atoms with E-state index in [1.165, 1.54) is 5.01 Å². The van der Waals surface area contributed by atoms with Gasteiger partial charge in [-0.15, -0.1) is 0 Å². The van der Waals surface area contributed by atoms with E-state index in [-0.39, 0.29) is 12.3 Å². The summed E-state index contributed by atoms with van der Waals surface area (Å²) in [5.41, 5.74) is 8.28. The fraction of sp³-hybridized carbons (Fsp3) is 0.200. The number of hydrogen-bond donors (Lipinski definition) is 2. The van der Waals surface area contributed by atoms with Crippen LogP contribution in [0.4, 0.5) is 5.69 Å². The van der Waals surface area contributed by atoms with Crippen LogP contribution in [0.3, 0.4) is 0 Å². The minimum atomic E-state index is -0.665. The molecule has 0 saturated carbocycles. The average molecular weight is 376 g/mol. The first-order valence-corrected chi connectivity index (χ1v) is 9.04. The van der Waals surface area contributed by atoms with E-state index >= 15 is 0 Å². The molecule has 2 aromatic heterocycles. The van der Waals surface area contributed by atoms with Crippen LogP contribution in [0, 0.1) is 0 Å². The molecule has 2 amide bonds. The van der Waals surface area contributed by atoms with Crippen molar-refractivity contribution in [3.8, 4) is 0 Å². The standard InChI is InChI=1S/C20H20N6O2/c21-19(27)17-12-16(24-26(17)15-6-2-1-3-7-15)20(28)22-10-9-14-13-25-11-5-4-8-18(25)23-14/h1-8,11,13,17H,9-10,12H2,(H2,21,27)(H,22,28). The highest BCUT2D eigenvalue weighted by molar-refractivity contribution is 6.40. The number of carbonyl (C=O) groups is 2. The number of imidazole rings is 1. The van der Waals surface area contributed by atoms with Crippen molar-refractivity contribution < 1.29 is 9.59 Å². The van der Waals surface area contributed by atoms with Crippen molar-refractivity contribution in [1.82, 2.24) is 14.7 Å². The van der Waals surface area contributed by atoms with E-state index in [4.69, 9.17) is 5.73 Å². The van der Waals surface area contributed by atoms with Crippen molar-refractivity contribution in [2.24, 2.45) is 10.8 Å². The minimum Gasteiger partial charge on any atom is -0.368 e. The molecule has 28 heavy (non-hydrogen) atoms. The van der Waals surface area contributed by atoms with Gasteiger partial charge >= 0.3 is 0 Å². The lowest BCUT2D eigenvalue weighted by molar-refractivity contribution is -0.119. The monoisotopic (exact) mass is 376 g/mol. The SMILES string of the molecule is NC(=O)C1CC(C(=O)NCCc2cn3ccccc3n2)=NN1c1ccccc1. The van der Waals surface area contributed by atoms with Gasteiger partial charge in [-0.2, -0.15) is 5.10 Å². The Labute approximate surface area is 161 Å². The van der Waals surface area contributed by atoms with Crippen LogP contribution in [0.25, 0.3) is 5.65 Å². The number of aromatic nitrogens is 2. The van der Waals surface area contributed by atoms with Gasteiger partial charge in [-0.1, -0.05) is 24.3 Å². The summed E-state index contributed by atoms with van der Waals surface area (Å²) in [6.45, 7) is 0.425. The summed E-state index contributed by atoms with van der Waals surface area (Å²) >= 11 is 0. The van der Waals surface area contributed by atoms with Crippen LogP contribution >= 0.6 is 0 Å². The third-order valence-electron chi connectivity index (χ3n) is 4.60. The number of benzene rings is 1. The third kappa shape index (κ3) is 3.57. The van der Waals surface area contributed by atoms with E-state index in [2.05, 4.69) is 15.4 Å². The smallest absolute Gasteiger partial charge is 0.267 e. The van der Waals surface area contributed by atoms with E-state index < -0.39 is 11.9 Å². The van der Waals surface area contributed by atoms with Crippen LogP contribution in [-0.4, -0.2) is 39.5 Å². The molecule has 1 aliphatic heterocycles. The summed E-state index contributed by atoms with van der Waals surface area (Å²) in [6, 6.07) is 14.3. The Morgan fingerprint density at radius 1 is 1.14 bits per heavy atom. The number of pyridine rings is 1. The third-order valence-corrected chi connectivity index (χ3v) is 4.60. The number of primary amides is 1. The molecule has 1 atom stereocenters. The zero-order chi connectivity index (χ0) is 19.5. The van der Waals surface area contributed by atoms with Gasteiger partial charge in [-0.3, -0.25) is 14.6 Å². The molecule has 0 bridgehead atoms. The van der Waals surface area contributed by atoms with Crippen LogP contribution < -0.4 is 16.1 Å². The molecule has 0 radical (unpaired) electrons. The first-order valence-electron chi connectivity index (χ1n) is 9.04. The van der Waals surface area contributed by atoms with E-state index in [0.717, 1.165) is 17.0 Å². The molecule has 8 nitrogen and oxygen atoms in total. The summed E-state index contributed by atoms with van der Waals surface area (Å²) in [7, 11) is 0. The minimum absolute atomic E-state index is 0.185. The quantitative estimate of drug-likeness (QED) is 0.672. The maximum absolute atomic E-state index is 12.5. The summed E-state index contributed by atoms with van der Waals surface area (Å²) in [5.74, 6) is -0.812. The Hall–Kier alpha value is -3.68. The van der Waals surface area contributed by atoms with Gasteiger partial charge in [0.05, 0.1) is 11.4 Å². The number of hydrogen-bond acceptors (Lipinski definition) is 5. The Morgan fingerprint density at radius 2 is 1.93 bits per heavy atom. The van der Waals surface area contributed by atoms with Gasteiger partial charge in [-0.25, -0.2) is 4.98 Å². The Bertz CT molecular complexity index is 1010.